The second-order valence-electron chi connectivity index (χ2n) is 3.03. The zero-order chi connectivity index (χ0) is 8.27. The van der Waals surface area contributed by atoms with Crippen molar-refractivity contribution in [2.45, 2.75) is 25.8 Å². The Hall–Kier alpha value is -0.410. The van der Waals surface area contributed by atoms with Crippen molar-refractivity contribution in [3.63, 3.8) is 0 Å². The van der Waals surface area contributed by atoms with Crippen molar-refractivity contribution in [3.8, 4) is 0 Å². The van der Waals surface area contributed by atoms with Crippen molar-refractivity contribution in [1.29, 1.82) is 0 Å². The van der Waals surface area contributed by atoms with Crippen molar-refractivity contribution < 1.29 is 9.90 Å². The third kappa shape index (κ3) is 2.01. The molecule has 11 heavy (non-hydrogen) atoms. The molecule has 0 spiro atoms. The Kier molecular flexibility index (Phi) is 3.02. The zero-order valence-electron chi connectivity index (χ0n) is 6.92. The second-order valence-corrected chi connectivity index (χ2v) is 3.03. The predicted molar refractivity (Wildman–Crippen MR) is 42.4 cm³/mol. The lowest BCUT2D eigenvalue weighted by Gasteiger charge is -2.20. The maximum absolute atomic E-state index is 11.0. The molecule has 0 saturated carbocycles. The minimum atomic E-state index is 0.0853. The van der Waals surface area contributed by atoms with Crippen LogP contribution in [0.4, 0.5) is 0 Å². The summed E-state index contributed by atoms with van der Waals surface area (Å²) in [5, 5.41) is 8.67. The van der Waals surface area contributed by atoms with Crippen molar-refractivity contribution in [3.05, 3.63) is 0 Å². The van der Waals surface area contributed by atoms with Gasteiger partial charge in [-0.15, -0.1) is 0 Å². The fourth-order valence-corrected chi connectivity index (χ4v) is 1.68. The number of aliphatic hydroxyl groups is 1. The quantitative estimate of drug-likeness (QED) is 0.628. The third-order valence-electron chi connectivity index (χ3n) is 2.22. The van der Waals surface area contributed by atoms with Crippen LogP contribution in [-0.4, -0.2) is 41.5 Å². The molecule has 64 valence electrons. The standard InChI is InChI=1S/C8H15NO2/c1-7(11)8-3-2-4-9(8)5-6-10/h8,10H,2-6H2,1H3/t8-/m1/s1. The molecule has 1 fully saturated rings. The van der Waals surface area contributed by atoms with Crippen molar-refractivity contribution in [1.82, 2.24) is 4.90 Å². The first-order valence-electron chi connectivity index (χ1n) is 4.11. The summed E-state index contributed by atoms with van der Waals surface area (Å²) in [7, 11) is 0. The Bertz CT molecular complexity index is 147. The number of hydrogen-bond donors (Lipinski definition) is 1. The van der Waals surface area contributed by atoms with Gasteiger partial charge in [0.2, 0.25) is 0 Å². The lowest BCUT2D eigenvalue weighted by atomic mass is 10.1. The minimum Gasteiger partial charge on any atom is -0.395 e. The highest BCUT2D eigenvalue weighted by atomic mass is 16.3. The summed E-state index contributed by atoms with van der Waals surface area (Å²) in [5.74, 6) is 0.232. The molecule has 3 nitrogen and oxygen atoms in total. The van der Waals surface area contributed by atoms with Gasteiger partial charge in [0, 0.05) is 6.54 Å². The Morgan fingerprint density at radius 1 is 1.73 bits per heavy atom. The highest BCUT2D eigenvalue weighted by Gasteiger charge is 2.26. The molecule has 0 radical (unpaired) electrons. The molecule has 3 heteroatoms. The van der Waals surface area contributed by atoms with Crippen LogP contribution in [-0.2, 0) is 4.79 Å². The SMILES string of the molecule is CC(=O)[C@H]1CCCN1CCO. The molecule has 1 aliphatic rings. The van der Waals surface area contributed by atoms with Gasteiger partial charge in [-0.3, -0.25) is 9.69 Å². The Morgan fingerprint density at radius 3 is 3.00 bits per heavy atom. The van der Waals surface area contributed by atoms with Crippen molar-refractivity contribution >= 4 is 5.78 Å². The van der Waals surface area contributed by atoms with E-state index in [-0.39, 0.29) is 18.4 Å². The van der Waals surface area contributed by atoms with E-state index in [0.717, 1.165) is 19.4 Å². The number of Topliss-reactive ketones (excluding diaryl/α,β-unsaturated/α-hetero) is 1. The zero-order valence-corrected chi connectivity index (χ0v) is 6.92. The van der Waals surface area contributed by atoms with E-state index in [9.17, 15) is 4.79 Å². The largest absolute Gasteiger partial charge is 0.395 e. The molecule has 1 heterocycles. The van der Waals surface area contributed by atoms with Gasteiger partial charge in [-0.2, -0.15) is 0 Å². The smallest absolute Gasteiger partial charge is 0.146 e. The van der Waals surface area contributed by atoms with Crippen LogP contribution in [0.15, 0.2) is 0 Å². The van der Waals surface area contributed by atoms with Crippen LogP contribution in [0.1, 0.15) is 19.8 Å². The molecule has 0 bridgehead atoms. The summed E-state index contributed by atoms with van der Waals surface area (Å²) >= 11 is 0. The number of aliphatic hydroxyl groups excluding tert-OH is 1. The Labute approximate surface area is 67.0 Å². The van der Waals surface area contributed by atoms with Crippen LogP contribution in [0.5, 0.6) is 0 Å². The molecule has 0 unspecified atom stereocenters. The van der Waals surface area contributed by atoms with Gasteiger partial charge in [0.05, 0.1) is 12.6 Å². The molecule has 0 aromatic rings. The molecule has 1 saturated heterocycles. The number of carbonyl (C=O) groups is 1. The number of hydrogen-bond acceptors (Lipinski definition) is 3. The minimum absolute atomic E-state index is 0.0853. The maximum Gasteiger partial charge on any atom is 0.146 e. The van der Waals surface area contributed by atoms with Crippen LogP contribution < -0.4 is 0 Å². The second kappa shape index (κ2) is 3.83. The molecular weight excluding hydrogens is 142 g/mol. The van der Waals surface area contributed by atoms with E-state index < -0.39 is 0 Å². The lowest BCUT2D eigenvalue weighted by Crippen LogP contribution is -2.36. The maximum atomic E-state index is 11.0. The summed E-state index contributed by atoms with van der Waals surface area (Å²) in [6, 6.07) is 0.0853. The van der Waals surface area contributed by atoms with Crippen LogP contribution in [0, 0.1) is 0 Å². The summed E-state index contributed by atoms with van der Waals surface area (Å²) in [6.45, 7) is 3.39. The van der Waals surface area contributed by atoms with E-state index in [2.05, 4.69) is 4.90 Å². The van der Waals surface area contributed by atoms with Gasteiger partial charge in [-0.25, -0.2) is 0 Å². The first kappa shape index (κ1) is 8.68. The third-order valence-corrected chi connectivity index (χ3v) is 2.22. The van der Waals surface area contributed by atoms with E-state index in [1.165, 1.54) is 0 Å². The number of rotatable bonds is 3. The van der Waals surface area contributed by atoms with Gasteiger partial charge in [0.15, 0.2) is 0 Å². The molecule has 1 atom stereocenters. The first-order valence-corrected chi connectivity index (χ1v) is 4.11. The van der Waals surface area contributed by atoms with Gasteiger partial charge < -0.3 is 5.11 Å². The average Bonchev–Trinajstić information content (AvgIpc) is 2.36. The highest BCUT2D eigenvalue weighted by Crippen LogP contribution is 2.16. The number of likely N-dealkylation sites (tertiary alicyclic amines) is 1. The van der Waals surface area contributed by atoms with Crippen LogP contribution >= 0.6 is 0 Å². The molecule has 0 aromatic carbocycles. The molecule has 0 aliphatic carbocycles. The van der Waals surface area contributed by atoms with E-state index in [1.54, 1.807) is 6.92 Å². The van der Waals surface area contributed by atoms with Gasteiger partial charge in [0.1, 0.15) is 5.78 Å². The number of carbonyl (C=O) groups excluding carboxylic acids is 1. The van der Waals surface area contributed by atoms with Gasteiger partial charge >= 0.3 is 0 Å². The lowest BCUT2D eigenvalue weighted by molar-refractivity contribution is -0.121. The van der Waals surface area contributed by atoms with Gasteiger partial charge in [-0.1, -0.05) is 0 Å². The monoisotopic (exact) mass is 157 g/mol. The number of ketones is 1. The molecule has 1 rings (SSSR count). The topological polar surface area (TPSA) is 40.5 Å². The van der Waals surface area contributed by atoms with Crippen LogP contribution in [0.2, 0.25) is 0 Å². The van der Waals surface area contributed by atoms with E-state index in [1.807, 2.05) is 0 Å². The van der Waals surface area contributed by atoms with E-state index >= 15 is 0 Å². The first-order chi connectivity index (χ1) is 5.25. The number of nitrogens with zero attached hydrogens (tertiary/aromatic N) is 1. The fraction of sp³-hybridized carbons (Fsp3) is 0.875. The molecular formula is C8H15NO2. The van der Waals surface area contributed by atoms with Crippen molar-refractivity contribution in [2.75, 3.05) is 19.7 Å². The predicted octanol–water partition coefficient (Wildman–Crippen LogP) is 0.0321. The summed E-state index contributed by atoms with van der Waals surface area (Å²) in [4.78, 5) is 13.1. The molecule has 1 aliphatic heterocycles. The van der Waals surface area contributed by atoms with Gasteiger partial charge in [-0.05, 0) is 26.3 Å². The van der Waals surface area contributed by atoms with E-state index in [0.29, 0.717) is 6.54 Å². The Balaban J connectivity index is 2.44. The molecule has 0 amide bonds. The highest BCUT2D eigenvalue weighted by molar-refractivity contribution is 5.81. The normalized spacial score (nSPS) is 25.8. The van der Waals surface area contributed by atoms with Gasteiger partial charge in [0.25, 0.3) is 0 Å². The van der Waals surface area contributed by atoms with Crippen LogP contribution in [0.3, 0.4) is 0 Å². The summed E-state index contributed by atoms with van der Waals surface area (Å²) in [5.41, 5.74) is 0. The van der Waals surface area contributed by atoms with Crippen LogP contribution in [0.25, 0.3) is 0 Å². The van der Waals surface area contributed by atoms with E-state index in [4.69, 9.17) is 5.11 Å². The molecule has 0 aromatic heterocycles. The average molecular weight is 157 g/mol. The number of β-amino-alcohol motifs (C(OH)–C–C–N with tert-alkyl or cyclic N) is 1. The molecule has 1 N–H and O–H groups in total. The van der Waals surface area contributed by atoms with Crippen molar-refractivity contribution in [2.24, 2.45) is 0 Å². The Morgan fingerprint density at radius 2 is 2.45 bits per heavy atom. The summed E-state index contributed by atoms with van der Waals surface area (Å²) < 4.78 is 0. The fourth-order valence-electron chi connectivity index (χ4n) is 1.68. The summed E-state index contributed by atoms with van der Waals surface area (Å²) in [6.07, 6.45) is 2.06.